The molecule has 0 aliphatic carbocycles. The van der Waals surface area contributed by atoms with Crippen LogP contribution in [0.2, 0.25) is 0 Å². The van der Waals surface area contributed by atoms with E-state index in [1.165, 1.54) is 6.33 Å². The van der Waals surface area contributed by atoms with Crippen LogP contribution in [0, 0.1) is 0 Å². The Morgan fingerprint density at radius 1 is 1.31 bits per heavy atom. The summed E-state index contributed by atoms with van der Waals surface area (Å²) in [7, 11) is 1.59. The van der Waals surface area contributed by atoms with Crippen molar-refractivity contribution in [2.24, 2.45) is 0 Å². The average Bonchev–Trinajstić information content (AvgIpc) is 3.15. The molecule has 0 amide bonds. The van der Waals surface area contributed by atoms with Crippen LogP contribution in [0.25, 0.3) is 0 Å². The van der Waals surface area contributed by atoms with Crippen LogP contribution in [0.1, 0.15) is 52.1 Å². The smallest absolute Gasteiger partial charge is 0.338 e. The van der Waals surface area contributed by atoms with Crippen molar-refractivity contribution >= 4 is 11.9 Å². The van der Waals surface area contributed by atoms with Crippen molar-refractivity contribution in [1.82, 2.24) is 14.8 Å². The normalized spacial score (nSPS) is 15.7. The number of nitrogens with zero attached hydrogens (tertiary/aromatic N) is 3. The largest absolute Gasteiger partial charge is 0.493 e. The zero-order chi connectivity index (χ0) is 21.0. The summed E-state index contributed by atoms with van der Waals surface area (Å²) >= 11 is 0. The van der Waals surface area contributed by atoms with Crippen molar-refractivity contribution < 1.29 is 19.0 Å². The molecule has 1 aliphatic rings. The van der Waals surface area contributed by atoms with Crippen molar-refractivity contribution in [3.05, 3.63) is 41.4 Å². The summed E-state index contributed by atoms with van der Waals surface area (Å²) in [6.45, 7) is 8.19. The van der Waals surface area contributed by atoms with Gasteiger partial charge in [0.1, 0.15) is 12.4 Å². The fourth-order valence-electron chi connectivity index (χ4n) is 3.26. The van der Waals surface area contributed by atoms with Crippen LogP contribution < -0.4 is 14.8 Å². The van der Waals surface area contributed by atoms with Crippen molar-refractivity contribution in [3.63, 3.8) is 0 Å². The molecule has 0 radical (unpaired) electrons. The molecule has 0 spiro atoms. The standard InChI is InChI=1S/C21H28N4O4/c1-6-7-10-28-20(26)18-14(4)24-21-22-12-23-25(21)19(18)15-8-9-16(29-13(2)3)17(11-15)27-5/h8-9,11-13,19H,6-7,10H2,1-5H3,(H,22,23,24). The van der Waals surface area contributed by atoms with Gasteiger partial charge in [0.05, 0.1) is 25.4 Å². The molecule has 0 saturated carbocycles. The number of ether oxygens (including phenoxy) is 3. The number of esters is 1. The molecular formula is C21H28N4O4. The summed E-state index contributed by atoms with van der Waals surface area (Å²) in [6.07, 6.45) is 3.25. The minimum absolute atomic E-state index is 0.0155. The third kappa shape index (κ3) is 4.36. The maximum absolute atomic E-state index is 12.9. The van der Waals surface area contributed by atoms with E-state index in [0.29, 0.717) is 35.3 Å². The lowest BCUT2D eigenvalue weighted by molar-refractivity contribution is -0.139. The number of methoxy groups -OCH3 is 1. The lowest BCUT2D eigenvalue weighted by atomic mass is 9.95. The first kappa shape index (κ1) is 20.7. The quantitative estimate of drug-likeness (QED) is 0.534. The number of allylic oxidation sites excluding steroid dienone is 1. The first-order chi connectivity index (χ1) is 14.0. The molecule has 0 fully saturated rings. The molecule has 2 heterocycles. The number of fused-ring (bicyclic) bond motifs is 1. The lowest BCUT2D eigenvalue weighted by Crippen LogP contribution is -2.29. The molecule has 1 aliphatic heterocycles. The van der Waals surface area contributed by atoms with Crippen molar-refractivity contribution in [2.75, 3.05) is 19.0 Å². The van der Waals surface area contributed by atoms with E-state index in [9.17, 15) is 4.79 Å². The van der Waals surface area contributed by atoms with Gasteiger partial charge in [0.15, 0.2) is 11.5 Å². The minimum atomic E-state index is -0.482. The summed E-state index contributed by atoms with van der Waals surface area (Å²) in [5.41, 5.74) is 2.02. The van der Waals surface area contributed by atoms with E-state index in [1.54, 1.807) is 11.8 Å². The molecule has 29 heavy (non-hydrogen) atoms. The zero-order valence-corrected chi connectivity index (χ0v) is 17.6. The van der Waals surface area contributed by atoms with Crippen molar-refractivity contribution in [2.45, 2.75) is 52.7 Å². The van der Waals surface area contributed by atoms with Gasteiger partial charge in [-0.1, -0.05) is 19.4 Å². The van der Waals surface area contributed by atoms with Gasteiger partial charge in [-0.05, 0) is 44.9 Å². The molecule has 0 bridgehead atoms. The highest BCUT2D eigenvalue weighted by Crippen LogP contribution is 2.39. The first-order valence-electron chi connectivity index (χ1n) is 9.85. The Morgan fingerprint density at radius 3 is 2.79 bits per heavy atom. The predicted octanol–water partition coefficient (Wildman–Crippen LogP) is 3.71. The number of nitrogens with one attached hydrogen (secondary N) is 1. The maximum atomic E-state index is 12.9. The van der Waals surface area contributed by atoms with Gasteiger partial charge in [-0.25, -0.2) is 9.48 Å². The van der Waals surface area contributed by atoms with Gasteiger partial charge in [0, 0.05) is 5.70 Å². The van der Waals surface area contributed by atoms with E-state index in [0.717, 1.165) is 18.4 Å². The number of anilines is 1. The Balaban J connectivity index is 2.03. The summed E-state index contributed by atoms with van der Waals surface area (Å²) in [5, 5.41) is 7.47. The second kappa shape index (κ2) is 8.98. The molecule has 3 rings (SSSR count). The third-order valence-corrected chi connectivity index (χ3v) is 4.61. The van der Waals surface area contributed by atoms with Crippen LogP contribution in [0.5, 0.6) is 11.5 Å². The van der Waals surface area contributed by atoms with E-state index < -0.39 is 6.04 Å². The number of aromatic nitrogens is 3. The Kier molecular flexibility index (Phi) is 6.41. The van der Waals surface area contributed by atoms with E-state index in [2.05, 4.69) is 22.3 Å². The van der Waals surface area contributed by atoms with Gasteiger partial charge in [-0.15, -0.1) is 0 Å². The second-order valence-electron chi connectivity index (χ2n) is 7.16. The molecule has 1 N–H and O–H groups in total. The molecule has 1 unspecified atom stereocenters. The van der Waals surface area contributed by atoms with E-state index in [1.807, 2.05) is 39.0 Å². The Morgan fingerprint density at radius 2 is 2.10 bits per heavy atom. The van der Waals surface area contributed by atoms with E-state index in [4.69, 9.17) is 14.2 Å². The Labute approximate surface area is 170 Å². The molecule has 2 aromatic rings. The highest BCUT2D eigenvalue weighted by molar-refractivity contribution is 5.92. The van der Waals surface area contributed by atoms with Crippen LogP contribution >= 0.6 is 0 Å². The number of carbonyl (C=O) groups excluding carboxylic acids is 1. The molecule has 8 heteroatoms. The van der Waals surface area contributed by atoms with Gasteiger partial charge in [0.2, 0.25) is 5.95 Å². The fraction of sp³-hybridized carbons (Fsp3) is 0.476. The number of unbranched alkanes of at least 4 members (excludes halogenated alkanes) is 1. The Bertz CT molecular complexity index is 904. The van der Waals surface area contributed by atoms with Gasteiger partial charge in [-0.3, -0.25) is 0 Å². The second-order valence-corrected chi connectivity index (χ2v) is 7.16. The minimum Gasteiger partial charge on any atom is -0.493 e. The SMILES string of the molecule is CCCCOC(=O)C1=C(C)Nc2ncnn2C1c1ccc(OC(C)C)c(OC)c1. The van der Waals surface area contributed by atoms with Crippen LogP contribution in [-0.4, -0.2) is 40.6 Å². The summed E-state index contributed by atoms with van der Waals surface area (Å²) in [5.74, 6) is 1.44. The van der Waals surface area contributed by atoms with E-state index >= 15 is 0 Å². The summed E-state index contributed by atoms with van der Waals surface area (Å²) in [4.78, 5) is 17.2. The first-order valence-corrected chi connectivity index (χ1v) is 9.85. The zero-order valence-electron chi connectivity index (χ0n) is 17.6. The number of hydrogen-bond donors (Lipinski definition) is 1. The van der Waals surface area contributed by atoms with Crippen molar-refractivity contribution in [3.8, 4) is 11.5 Å². The van der Waals surface area contributed by atoms with Gasteiger partial charge in [0.25, 0.3) is 0 Å². The van der Waals surface area contributed by atoms with Gasteiger partial charge >= 0.3 is 5.97 Å². The molecule has 8 nitrogen and oxygen atoms in total. The highest BCUT2D eigenvalue weighted by atomic mass is 16.5. The monoisotopic (exact) mass is 400 g/mol. The number of rotatable bonds is 8. The predicted molar refractivity (Wildman–Crippen MR) is 109 cm³/mol. The Hall–Kier alpha value is -3.03. The third-order valence-electron chi connectivity index (χ3n) is 4.61. The molecule has 0 saturated heterocycles. The number of carbonyl (C=O) groups is 1. The van der Waals surface area contributed by atoms with Crippen LogP contribution in [0.4, 0.5) is 5.95 Å². The van der Waals surface area contributed by atoms with Gasteiger partial charge < -0.3 is 19.5 Å². The average molecular weight is 400 g/mol. The summed E-state index contributed by atoms with van der Waals surface area (Å²) in [6, 6.07) is 5.15. The number of benzene rings is 1. The molecule has 1 aromatic carbocycles. The molecule has 1 atom stereocenters. The summed E-state index contributed by atoms with van der Waals surface area (Å²) < 4.78 is 18.5. The molecule has 156 valence electrons. The maximum Gasteiger partial charge on any atom is 0.338 e. The van der Waals surface area contributed by atoms with Crippen LogP contribution in [-0.2, 0) is 9.53 Å². The van der Waals surface area contributed by atoms with Crippen molar-refractivity contribution in [1.29, 1.82) is 0 Å². The molecular weight excluding hydrogens is 372 g/mol. The van der Waals surface area contributed by atoms with Crippen LogP contribution in [0.15, 0.2) is 35.8 Å². The highest BCUT2D eigenvalue weighted by Gasteiger charge is 2.34. The fourth-order valence-corrected chi connectivity index (χ4v) is 3.26. The van der Waals surface area contributed by atoms with Crippen LogP contribution in [0.3, 0.4) is 0 Å². The van der Waals surface area contributed by atoms with Gasteiger partial charge in [-0.2, -0.15) is 10.1 Å². The van der Waals surface area contributed by atoms with E-state index in [-0.39, 0.29) is 12.1 Å². The lowest BCUT2D eigenvalue weighted by Gasteiger charge is -2.28. The number of hydrogen-bond acceptors (Lipinski definition) is 7. The molecule has 1 aromatic heterocycles. The topological polar surface area (TPSA) is 87.5 Å².